The highest BCUT2D eigenvalue weighted by Gasteiger charge is 2.35. The Hall–Kier alpha value is -3.70. The molecule has 1 N–H and O–H groups in total. The molecule has 2 aromatic carbocycles. The van der Waals surface area contributed by atoms with Crippen LogP contribution in [-0.2, 0) is 30.3 Å². The Labute approximate surface area is 247 Å². The predicted octanol–water partition coefficient (Wildman–Crippen LogP) is 5.59. The van der Waals surface area contributed by atoms with Crippen LogP contribution in [0.4, 0.5) is 4.39 Å². The van der Waals surface area contributed by atoms with Gasteiger partial charge in [-0.1, -0.05) is 0 Å². The summed E-state index contributed by atoms with van der Waals surface area (Å²) in [5, 5.41) is 2.93. The highest BCUT2D eigenvalue weighted by molar-refractivity contribution is 9.10. The maximum atomic E-state index is 13.9. The molecule has 0 saturated heterocycles. The zero-order valence-corrected chi connectivity index (χ0v) is 25.5. The summed E-state index contributed by atoms with van der Waals surface area (Å²) in [6.07, 6.45) is 0. The van der Waals surface area contributed by atoms with E-state index in [4.69, 9.17) is 18.9 Å². The third-order valence-corrected chi connectivity index (χ3v) is 6.55. The summed E-state index contributed by atoms with van der Waals surface area (Å²) >= 11 is 3.58. The van der Waals surface area contributed by atoms with Gasteiger partial charge in [0.15, 0.2) is 0 Å². The van der Waals surface area contributed by atoms with Gasteiger partial charge >= 0.3 is 17.9 Å². The molecule has 0 fully saturated rings. The van der Waals surface area contributed by atoms with Crippen LogP contribution >= 0.6 is 15.9 Å². The van der Waals surface area contributed by atoms with E-state index in [1.54, 1.807) is 82.7 Å². The predicted molar refractivity (Wildman–Crippen MR) is 154 cm³/mol. The van der Waals surface area contributed by atoms with Gasteiger partial charge in [-0.2, -0.15) is 0 Å². The summed E-state index contributed by atoms with van der Waals surface area (Å²) in [6, 6.07) is 11.4. The summed E-state index contributed by atoms with van der Waals surface area (Å²) < 4.78 is 37.3. The van der Waals surface area contributed by atoms with Crippen LogP contribution < -0.4 is 10.1 Å². The van der Waals surface area contributed by atoms with Crippen LogP contribution in [0.2, 0.25) is 0 Å². The number of nitrogens with one attached hydrogen (secondary N) is 1. The molecule has 41 heavy (non-hydrogen) atoms. The second-order valence-corrected chi connectivity index (χ2v) is 10.6. The van der Waals surface area contributed by atoms with Crippen molar-refractivity contribution in [1.82, 2.24) is 9.88 Å². The van der Waals surface area contributed by atoms with Gasteiger partial charge in [0, 0.05) is 12.2 Å². The molecule has 0 aliphatic carbocycles. The molecule has 3 aromatic rings. The fraction of sp³-hybridized carbons (Fsp3) is 0.367. The average Bonchev–Trinajstić information content (AvgIpc) is 3.20. The Kier molecular flexibility index (Phi) is 10.7. The molecule has 0 spiro atoms. The number of benzene rings is 2. The first-order valence-electron chi connectivity index (χ1n) is 13.0. The summed E-state index contributed by atoms with van der Waals surface area (Å²) in [4.78, 5) is 39.2. The van der Waals surface area contributed by atoms with Gasteiger partial charge in [0.25, 0.3) is 0 Å². The molecule has 0 saturated carbocycles. The van der Waals surface area contributed by atoms with E-state index >= 15 is 0 Å². The SMILES string of the molecule is CCOC(=O)c1c(Br)c(-c2ccc(F)cc2)n(-c2ccc(OC)cc2)c1CNC(C(=O)OCC)C(=O)OC(C)(C)C. The van der Waals surface area contributed by atoms with E-state index in [0.29, 0.717) is 32.9 Å². The van der Waals surface area contributed by atoms with Crippen LogP contribution in [0, 0.1) is 5.82 Å². The smallest absolute Gasteiger partial charge is 0.341 e. The quantitative estimate of drug-likeness (QED) is 0.166. The lowest BCUT2D eigenvalue weighted by Crippen LogP contribution is -2.47. The molecule has 3 rings (SSSR count). The second-order valence-electron chi connectivity index (χ2n) is 9.84. The molecule has 0 aliphatic rings. The normalized spacial score (nSPS) is 12.0. The third kappa shape index (κ3) is 7.74. The molecule has 1 unspecified atom stereocenters. The van der Waals surface area contributed by atoms with Crippen molar-refractivity contribution in [3.8, 4) is 22.7 Å². The van der Waals surface area contributed by atoms with Crippen molar-refractivity contribution in [2.24, 2.45) is 0 Å². The van der Waals surface area contributed by atoms with Crippen molar-refractivity contribution in [2.45, 2.75) is 52.8 Å². The zero-order chi connectivity index (χ0) is 30.3. The molecule has 0 aliphatic heterocycles. The monoisotopic (exact) mass is 632 g/mol. The summed E-state index contributed by atoms with van der Waals surface area (Å²) in [7, 11) is 1.55. The van der Waals surface area contributed by atoms with Crippen molar-refractivity contribution >= 4 is 33.8 Å². The molecule has 0 amide bonds. The molecule has 1 atom stereocenters. The molecular weight excluding hydrogens is 599 g/mol. The molecule has 1 heterocycles. The van der Waals surface area contributed by atoms with Crippen molar-refractivity contribution in [2.75, 3.05) is 20.3 Å². The van der Waals surface area contributed by atoms with Crippen molar-refractivity contribution < 1.29 is 37.7 Å². The summed E-state index contributed by atoms with van der Waals surface area (Å²) in [5.41, 5.74) is 1.43. The first kappa shape index (κ1) is 31.8. The number of aromatic nitrogens is 1. The Morgan fingerprint density at radius 1 is 0.951 bits per heavy atom. The van der Waals surface area contributed by atoms with Gasteiger partial charge < -0.3 is 23.5 Å². The first-order chi connectivity index (χ1) is 19.4. The van der Waals surface area contributed by atoms with Crippen molar-refractivity contribution in [3.63, 3.8) is 0 Å². The molecular formula is C30H34BrFN2O7. The first-order valence-corrected chi connectivity index (χ1v) is 13.8. The zero-order valence-electron chi connectivity index (χ0n) is 23.9. The minimum Gasteiger partial charge on any atom is -0.497 e. The van der Waals surface area contributed by atoms with Crippen LogP contribution in [0.5, 0.6) is 5.75 Å². The lowest BCUT2D eigenvalue weighted by atomic mass is 10.1. The highest BCUT2D eigenvalue weighted by Crippen LogP contribution is 2.39. The number of hydrogen-bond acceptors (Lipinski definition) is 8. The maximum Gasteiger partial charge on any atom is 0.341 e. The molecule has 0 radical (unpaired) electrons. The lowest BCUT2D eigenvalue weighted by Gasteiger charge is -2.24. The van der Waals surface area contributed by atoms with E-state index in [2.05, 4.69) is 21.2 Å². The largest absolute Gasteiger partial charge is 0.497 e. The molecule has 220 valence electrons. The Morgan fingerprint density at radius 3 is 2.10 bits per heavy atom. The van der Waals surface area contributed by atoms with E-state index in [-0.39, 0.29) is 25.3 Å². The van der Waals surface area contributed by atoms with E-state index in [0.717, 1.165) is 0 Å². The van der Waals surface area contributed by atoms with Gasteiger partial charge in [-0.05, 0) is 105 Å². The maximum absolute atomic E-state index is 13.9. The number of nitrogens with zero attached hydrogens (tertiary/aromatic N) is 1. The molecule has 9 nitrogen and oxygen atoms in total. The molecule has 11 heteroatoms. The Bertz CT molecular complexity index is 1380. The fourth-order valence-corrected chi connectivity index (χ4v) is 4.89. The minimum atomic E-state index is -1.48. The van der Waals surface area contributed by atoms with Crippen LogP contribution in [0.25, 0.3) is 16.9 Å². The number of rotatable bonds is 11. The van der Waals surface area contributed by atoms with Gasteiger partial charge in [-0.15, -0.1) is 0 Å². The van der Waals surface area contributed by atoms with Gasteiger partial charge in [0.1, 0.15) is 17.2 Å². The second kappa shape index (κ2) is 13.8. The van der Waals surface area contributed by atoms with E-state index < -0.39 is 35.4 Å². The molecule has 0 bridgehead atoms. The highest BCUT2D eigenvalue weighted by atomic mass is 79.9. The number of halogens is 2. The number of carbonyl (C=O) groups is 3. The number of hydrogen-bond donors (Lipinski definition) is 1. The number of ether oxygens (including phenoxy) is 4. The van der Waals surface area contributed by atoms with Crippen molar-refractivity contribution in [1.29, 1.82) is 0 Å². The third-order valence-electron chi connectivity index (χ3n) is 5.78. The van der Waals surface area contributed by atoms with Crippen LogP contribution in [0.1, 0.15) is 50.7 Å². The van der Waals surface area contributed by atoms with Gasteiger partial charge in [-0.3, -0.25) is 5.32 Å². The summed E-state index contributed by atoms with van der Waals surface area (Å²) in [5.74, 6) is -2.08. The van der Waals surface area contributed by atoms with Crippen LogP contribution in [-0.4, -0.2) is 54.4 Å². The number of esters is 3. The Balaban J connectivity index is 2.24. The Morgan fingerprint density at radius 2 is 1.56 bits per heavy atom. The standard InChI is InChI=1S/C30H34BrFN2O7/c1-7-39-27(35)23-22(17-33-25(28(36)40-8-2)29(37)41-30(3,4)5)34(20-13-15-21(38-6)16-14-20)26(24(23)31)18-9-11-19(32)12-10-18/h9-16,25,33H,7-8,17H2,1-6H3. The lowest BCUT2D eigenvalue weighted by molar-refractivity contribution is -0.165. The summed E-state index contributed by atoms with van der Waals surface area (Å²) in [6.45, 7) is 8.39. The van der Waals surface area contributed by atoms with Gasteiger partial charge in [-0.25, -0.2) is 18.8 Å². The van der Waals surface area contributed by atoms with Crippen LogP contribution in [0.15, 0.2) is 53.0 Å². The average molecular weight is 634 g/mol. The molecule has 1 aromatic heterocycles. The number of carbonyl (C=O) groups excluding carboxylic acids is 3. The fourth-order valence-electron chi connectivity index (χ4n) is 4.10. The topological polar surface area (TPSA) is 105 Å². The van der Waals surface area contributed by atoms with Crippen LogP contribution in [0.3, 0.4) is 0 Å². The number of methoxy groups -OCH3 is 1. The van der Waals surface area contributed by atoms with E-state index in [1.165, 1.54) is 12.1 Å². The van der Waals surface area contributed by atoms with E-state index in [1.807, 2.05) is 0 Å². The van der Waals surface area contributed by atoms with E-state index in [9.17, 15) is 18.8 Å². The minimum absolute atomic E-state index is 0.0520. The van der Waals surface area contributed by atoms with Crippen molar-refractivity contribution in [3.05, 3.63) is 70.1 Å². The van der Waals surface area contributed by atoms with Gasteiger partial charge in [0.2, 0.25) is 6.04 Å². The van der Waals surface area contributed by atoms with Gasteiger partial charge in [0.05, 0.1) is 41.7 Å².